The van der Waals surface area contributed by atoms with E-state index in [9.17, 15) is 9.59 Å². The largest absolute Gasteiger partial charge is 0.466 e. The van der Waals surface area contributed by atoms with Gasteiger partial charge < -0.3 is 10.1 Å². The first-order valence-electron chi connectivity index (χ1n) is 7.43. The fourth-order valence-electron chi connectivity index (χ4n) is 2.48. The molecule has 2 aromatic carbocycles. The molecule has 2 heterocycles. The van der Waals surface area contributed by atoms with E-state index in [0.29, 0.717) is 16.6 Å². The highest BCUT2D eigenvalue weighted by molar-refractivity contribution is 9.10. The lowest BCUT2D eigenvalue weighted by Crippen LogP contribution is -2.56. The minimum Gasteiger partial charge on any atom is -0.466 e. The van der Waals surface area contributed by atoms with E-state index >= 15 is 0 Å². The minimum absolute atomic E-state index is 0.412. The van der Waals surface area contributed by atoms with Crippen LogP contribution in [0.15, 0.2) is 46.9 Å². The maximum Gasteiger partial charge on any atom is 0.280 e. The van der Waals surface area contributed by atoms with Gasteiger partial charge in [-0.25, -0.2) is 4.98 Å². The van der Waals surface area contributed by atoms with Crippen molar-refractivity contribution in [3.63, 3.8) is 0 Å². The third-order valence-corrected chi connectivity index (χ3v) is 5.31. The van der Waals surface area contributed by atoms with Crippen molar-refractivity contribution in [3.8, 4) is 5.75 Å². The van der Waals surface area contributed by atoms with Crippen LogP contribution in [0.25, 0.3) is 10.2 Å². The van der Waals surface area contributed by atoms with Gasteiger partial charge >= 0.3 is 0 Å². The minimum atomic E-state index is -1.67. The molecule has 1 atom stereocenters. The van der Waals surface area contributed by atoms with E-state index in [-0.39, 0.29) is 0 Å². The summed E-state index contributed by atoms with van der Waals surface area (Å²) in [6.07, 6.45) is 0. The second kappa shape index (κ2) is 5.82. The highest BCUT2D eigenvalue weighted by Gasteiger charge is 2.47. The van der Waals surface area contributed by atoms with Crippen LogP contribution in [0.2, 0.25) is 0 Å². The number of thiazole rings is 1. The van der Waals surface area contributed by atoms with Crippen LogP contribution in [0, 0.1) is 0 Å². The van der Waals surface area contributed by atoms with Crippen molar-refractivity contribution in [3.05, 3.63) is 46.9 Å². The number of benzene rings is 2. The third kappa shape index (κ3) is 2.77. The number of aromatic nitrogens is 1. The van der Waals surface area contributed by atoms with Crippen LogP contribution in [0.4, 0.5) is 10.8 Å². The monoisotopic (exact) mass is 417 g/mol. The standard InChI is InChI=1S/C17H12BrN3O3S/c1-17(14(22)19-10-4-2-3-5-12(10)24-17)15(23)21-16-20-11-7-6-9(18)8-13(11)25-16/h2-8H,1H3,(H,19,22)(H,20,21,23). The Kier molecular flexibility index (Phi) is 3.73. The average molecular weight is 418 g/mol. The molecule has 126 valence electrons. The average Bonchev–Trinajstić information content (AvgIpc) is 2.97. The van der Waals surface area contributed by atoms with Crippen LogP contribution in [0.5, 0.6) is 5.75 Å². The number of halogens is 1. The van der Waals surface area contributed by atoms with Crippen LogP contribution < -0.4 is 15.4 Å². The van der Waals surface area contributed by atoms with Crippen LogP contribution in [0.3, 0.4) is 0 Å². The molecule has 0 spiro atoms. The molecule has 0 radical (unpaired) electrons. The molecule has 4 rings (SSSR count). The highest BCUT2D eigenvalue weighted by Crippen LogP contribution is 2.34. The molecule has 2 N–H and O–H groups in total. The molecule has 0 fully saturated rings. The van der Waals surface area contributed by atoms with Gasteiger partial charge in [0.05, 0.1) is 15.9 Å². The first-order valence-corrected chi connectivity index (χ1v) is 9.04. The third-order valence-electron chi connectivity index (χ3n) is 3.89. The number of nitrogens with one attached hydrogen (secondary N) is 2. The zero-order valence-corrected chi connectivity index (χ0v) is 15.4. The molecule has 3 aromatic rings. The van der Waals surface area contributed by atoms with Gasteiger partial charge in [-0.2, -0.15) is 0 Å². The molecule has 1 aromatic heterocycles. The summed E-state index contributed by atoms with van der Waals surface area (Å²) < 4.78 is 7.56. The SMILES string of the molecule is CC1(C(=O)Nc2nc3ccc(Br)cc3s2)Oc2ccccc2NC1=O. The molecule has 6 nitrogen and oxygen atoms in total. The van der Waals surface area contributed by atoms with E-state index in [1.165, 1.54) is 18.3 Å². The van der Waals surface area contributed by atoms with Crippen LogP contribution in [-0.4, -0.2) is 22.4 Å². The molecule has 1 unspecified atom stereocenters. The summed E-state index contributed by atoms with van der Waals surface area (Å²) in [5.74, 6) is -0.641. The second-order valence-corrected chi connectivity index (χ2v) is 7.62. The quantitative estimate of drug-likeness (QED) is 0.621. The normalized spacial score (nSPS) is 19.0. The second-order valence-electron chi connectivity index (χ2n) is 5.67. The number of rotatable bonds is 2. The number of fused-ring (bicyclic) bond motifs is 2. The van der Waals surface area contributed by atoms with Gasteiger partial charge in [-0.05, 0) is 37.3 Å². The number of para-hydroxylation sites is 2. The van der Waals surface area contributed by atoms with E-state index in [1.807, 2.05) is 18.2 Å². The van der Waals surface area contributed by atoms with E-state index in [0.717, 1.165) is 14.7 Å². The lowest BCUT2D eigenvalue weighted by atomic mass is 10.0. The molecule has 0 aliphatic carbocycles. The van der Waals surface area contributed by atoms with E-state index < -0.39 is 17.4 Å². The summed E-state index contributed by atoms with van der Waals surface area (Å²) in [4.78, 5) is 29.5. The van der Waals surface area contributed by atoms with Gasteiger partial charge in [-0.3, -0.25) is 14.9 Å². The number of amides is 2. The molecular weight excluding hydrogens is 406 g/mol. The first-order chi connectivity index (χ1) is 12.0. The smallest absolute Gasteiger partial charge is 0.280 e. The number of ether oxygens (including phenoxy) is 1. The number of hydrogen-bond acceptors (Lipinski definition) is 5. The molecule has 8 heteroatoms. The Hall–Kier alpha value is -2.45. The van der Waals surface area contributed by atoms with E-state index in [4.69, 9.17) is 4.74 Å². The molecule has 1 aliphatic heterocycles. The summed E-state index contributed by atoms with van der Waals surface area (Å²) in [7, 11) is 0. The predicted octanol–water partition coefficient (Wildman–Crippen LogP) is 3.79. The fraction of sp³-hybridized carbons (Fsp3) is 0.118. The van der Waals surface area contributed by atoms with Gasteiger partial charge in [0.25, 0.3) is 17.4 Å². The van der Waals surface area contributed by atoms with Crippen molar-refractivity contribution < 1.29 is 14.3 Å². The first kappa shape index (κ1) is 16.0. The molecule has 2 amide bonds. The number of anilines is 2. The van der Waals surface area contributed by atoms with Gasteiger partial charge in [0, 0.05) is 4.47 Å². The van der Waals surface area contributed by atoms with Gasteiger partial charge in [-0.1, -0.05) is 39.4 Å². The zero-order chi connectivity index (χ0) is 17.6. The van der Waals surface area contributed by atoms with Crippen molar-refractivity contribution >= 4 is 60.1 Å². The van der Waals surface area contributed by atoms with Crippen molar-refractivity contribution in [2.75, 3.05) is 10.6 Å². The van der Waals surface area contributed by atoms with Gasteiger partial charge in [0.1, 0.15) is 5.75 Å². The Morgan fingerprint density at radius 2 is 2.12 bits per heavy atom. The zero-order valence-electron chi connectivity index (χ0n) is 13.0. The Bertz CT molecular complexity index is 1020. The van der Waals surface area contributed by atoms with E-state index in [1.54, 1.807) is 24.3 Å². The Balaban J connectivity index is 1.62. The maximum absolute atomic E-state index is 12.7. The maximum atomic E-state index is 12.7. The van der Waals surface area contributed by atoms with Gasteiger partial charge in [-0.15, -0.1) is 0 Å². The van der Waals surface area contributed by atoms with Gasteiger partial charge in [0.15, 0.2) is 5.13 Å². The lowest BCUT2D eigenvalue weighted by Gasteiger charge is -2.32. The Morgan fingerprint density at radius 1 is 1.32 bits per heavy atom. The van der Waals surface area contributed by atoms with Crippen molar-refractivity contribution in [2.45, 2.75) is 12.5 Å². The Labute approximate surface area is 155 Å². The summed E-state index contributed by atoms with van der Waals surface area (Å²) >= 11 is 4.73. The molecule has 0 saturated heterocycles. The fourth-order valence-corrected chi connectivity index (χ4v) is 3.90. The van der Waals surface area contributed by atoms with Crippen LogP contribution >= 0.6 is 27.3 Å². The number of carbonyl (C=O) groups excluding carboxylic acids is 2. The van der Waals surface area contributed by atoms with Crippen LogP contribution in [-0.2, 0) is 9.59 Å². The molecule has 1 aliphatic rings. The van der Waals surface area contributed by atoms with Crippen LogP contribution in [0.1, 0.15) is 6.92 Å². The Morgan fingerprint density at radius 3 is 2.96 bits per heavy atom. The number of carbonyl (C=O) groups is 2. The number of nitrogens with zero attached hydrogens (tertiary/aromatic N) is 1. The highest BCUT2D eigenvalue weighted by atomic mass is 79.9. The van der Waals surface area contributed by atoms with Gasteiger partial charge in [0.2, 0.25) is 0 Å². The summed E-state index contributed by atoms with van der Waals surface area (Å²) in [6.45, 7) is 1.44. The van der Waals surface area contributed by atoms with E-state index in [2.05, 4.69) is 31.5 Å². The number of hydrogen-bond donors (Lipinski definition) is 2. The summed E-state index contributed by atoms with van der Waals surface area (Å²) in [5.41, 5.74) is -0.358. The topological polar surface area (TPSA) is 80.3 Å². The predicted molar refractivity (Wildman–Crippen MR) is 100 cm³/mol. The molecule has 0 saturated carbocycles. The summed E-state index contributed by atoms with van der Waals surface area (Å²) in [5, 5.41) is 5.80. The molecule has 0 bridgehead atoms. The van der Waals surface area contributed by atoms with Crippen molar-refractivity contribution in [1.82, 2.24) is 4.98 Å². The summed E-state index contributed by atoms with van der Waals surface area (Å²) in [6, 6.07) is 12.6. The molecule has 25 heavy (non-hydrogen) atoms. The van der Waals surface area contributed by atoms with Crippen molar-refractivity contribution in [2.24, 2.45) is 0 Å². The van der Waals surface area contributed by atoms with Crippen molar-refractivity contribution in [1.29, 1.82) is 0 Å². The lowest BCUT2D eigenvalue weighted by molar-refractivity contribution is -0.143. The molecular formula is C17H12BrN3O3S.